The second kappa shape index (κ2) is 5.94. The fourth-order valence-electron chi connectivity index (χ4n) is 4.12. The summed E-state index contributed by atoms with van der Waals surface area (Å²) in [5.74, 6) is 0.0234. The average Bonchev–Trinajstić information content (AvgIpc) is 3.31. The molecule has 0 bridgehead atoms. The zero-order valence-electron chi connectivity index (χ0n) is 15.0. The number of amides is 2. The van der Waals surface area contributed by atoms with Gasteiger partial charge in [0.25, 0.3) is 5.91 Å². The summed E-state index contributed by atoms with van der Waals surface area (Å²) in [5.41, 5.74) is 12.0. The van der Waals surface area contributed by atoms with Gasteiger partial charge in [0.15, 0.2) is 0 Å². The van der Waals surface area contributed by atoms with Gasteiger partial charge in [0, 0.05) is 40.5 Å². The van der Waals surface area contributed by atoms with E-state index in [1.54, 1.807) is 16.2 Å². The predicted octanol–water partition coefficient (Wildman–Crippen LogP) is 2.51. The van der Waals surface area contributed by atoms with Crippen molar-refractivity contribution in [1.82, 2.24) is 15.2 Å². The lowest BCUT2D eigenvalue weighted by atomic mass is 9.99. The van der Waals surface area contributed by atoms with Gasteiger partial charge in [0.1, 0.15) is 0 Å². The number of likely N-dealkylation sites (tertiary alicyclic amines) is 1. The second-order valence-corrected chi connectivity index (χ2v) is 8.38. The molecule has 5 rings (SSSR count). The Morgan fingerprint density at radius 2 is 2.19 bits per heavy atom. The summed E-state index contributed by atoms with van der Waals surface area (Å²) in [6, 6.07) is 6.37. The summed E-state index contributed by atoms with van der Waals surface area (Å²) < 4.78 is 0. The van der Waals surface area contributed by atoms with Crippen molar-refractivity contribution in [3.05, 3.63) is 52.4 Å². The quantitative estimate of drug-likeness (QED) is 0.803. The summed E-state index contributed by atoms with van der Waals surface area (Å²) in [7, 11) is 0. The van der Waals surface area contributed by atoms with Crippen molar-refractivity contribution >= 4 is 28.8 Å². The van der Waals surface area contributed by atoms with Crippen LogP contribution in [0.15, 0.2) is 30.9 Å². The SMILES string of the molecule is C=CC(=O)N1CC(N2Cc3sc(-c4c(C)ccc5c4CNN5)cc3C2=O)C1. The van der Waals surface area contributed by atoms with Gasteiger partial charge in [-0.05, 0) is 30.7 Å². The highest BCUT2D eigenvalue weighted by atomic mass is 32.1. The summed E-state index contributed by atoms with van der Waals surface area (Å²) in [6.45, 7) is 8.26. The number of benzene rings is 1. The van der Waals surface area contributed by atoms with Crippen LogP contribution in [0.4, 0.5) is 5.69 Å². The van der Waals surface area contributed by atoms with Crippen LogP contribution in [0.5, 0.6) is 0 Å². The lowest BCUT2D eigenvalue weighted by molar-refractivity contribution is -0.132. The minimum Gasteiger partial charge on any atom is -0.335 e. The van der Waals surface area contributed by atoms with Crippen LogP contribution in [0.3, 0.4) is 0 Å². The normalized spacial score (nSPS) is 18.2. The molecule has 1 saturated heterocycles. The molecular formula is C20H20N4O2S. The number of hydrazine groups is 1. The molecule has 2 aromatic rings. The number of nitrogens with zero attached hydrogens (tertiary/aromatic N) is 2. The van der Waals surface area contributed by atoms with Crippen LogP contribution in [-0.4, -0.2) is 40.7 Å². The molecule has 0 atom stereocenters. The van der Waals surface area contributed by atoms with E-state index >= 15 is 0 Å². The van der Waals surface area contributed by atoms with Gasteiger partial charge in [-0.2, -0.15) is 0 Å². The standard InChI is InChI=1S/C20H20N4O2S/c1-3-18(25)23-8-12(9-23)24-10-17-13(20(24)26)6-16(27-17)19-11(2)4-5-15-14(19)7-21-22-15/h3-6,12,21-22H,1,7-10H2,2H3. The number of anilines is 1. The number of fused-ring (bicyclic) bond motifs is 2. The molecule has 0 spiro atoms. The van der Waals surface area contributed by atoms with E-state index in [9.17, 15) is 9.59 Å². The third-order valence-electron chi connectivity index (χ3n) is 5.66. The lowest BCUT2D eigenvalue weighted by Crippen LogP contribution is -2.60. The fraction of sp³-hybridized carbons (Fsp3) is 0.300. The van der Waals surface area contributed by atoms with Crippen molar-refractivity contribution in [3.8, 4) is 10.4 Å². The van der Waals surface area contributed by atoms with Gasteiger partial charge in [0.2, 0.25) is 5.91 Å². The third kappa shape index (κ3) is 2.42. The number of thiophene rings is 1. The third-order valence-corrected chi connectivity index (χ3v) is 6.80. The molecule has 0 radical (unpaired) electrons. The van der Waals surface area contributed by atoms with Crippen LogP contribution in [0.25, 0.3) is 10.4 Å². The first-order valence-corrected chi connectivity index (χ1v) is 9.85. The summed E-state index contributed by atoms with van der Waals surface area (Å²) >= 11 is 1.71. The van der Waals surface area contributed by atoms with E-state index in [2.05, 4.69) is 42.6 Å². The maximum Gasteiger partial charge on any atom is 0.255 e. The molecule has 1 aromatic carbocycles. The molecule has 2 N–H and O–H groups in total. The van der Waals surface area contributed by atoms with E-state index in [1.165, 1.54) is 22.8 Å². The highest BCUT2D eigenvalue weighted by Crippen LogP contribution is 2.42. The summed E-state index contributed by atoms with van der Waals surface area (Å²) in [5, 5.41) is 0. The first-order chi connectivity index (χ1) is 13.1. The molecule has 2 amide bonds. The van der Waals surface area contributed by atoms with E-state index in [0.29, 0.717) is 19.6 Å². The van der Waals surface area contributed by atoms with Crippen LogP contribution in [0, 0.1) is 6.92 Å². The molecule has 0 aliphatic carbocycles. The van der Waals surface area contributed by atoms with Gasteiger partial charge in [-0.3, -0.25) is 9.59 Å². The minimum absolute atomic E-state index is 0.0643. The topological polar surface area (TPSA) is 64.7 Å². The number of hydrogen-bond acceptors (Lipinski definition) is 5. The molecule has 4 heterocycles. The van der Waals surface area contributed by atoms with Gasteiger partial charge in [-0.15, -0.1) is 11.3 Å². The van der Waals surface area contributed by atoms with Crippen LogP contribution in [-0.2, 0) is 17.9 Å². The smallest absolute Gasteiger partial charge is 0.255 e. The molecule has 3 aliphatic heterocycles. The van der Waals surface area contributed by atoms with E-state index in [-0.39, 0.29) is 17.9 Å². The van der Waals surface area contributed by atoms with Crippen LogP contribution in [0.2, 0.25) is 0 Å². The maximum absolute atomic E-state index is 12.9. The van der Waals surface area contributed by atoms with Gasteiger partial charge in [-0.1, -0.05) is 12.6 Å². The Hall–Kier alpha value is -2.64. The number of rotatable bonds is 3. The zero-order valence-corrected chi connectivity index (χ0v) is 15.9. The Morgan fingerprint density at radius 3 is 2.93 bits per heavy atom. The van der Waals surface area contributed by atoms with Gasteiger partial charge >= 0.3 is 0 Å². The minimum atomic E-state index is -0.0643. The molecule has 0 saturated carbocycles. The number of carbonyl (C=O) groups is 2. The van der Waals surface area contributed by atoms with Crippen LogP contribution in [0.1, 0.15) is 26.4 Å². The molecule has 3 aliphatic rings. The molecule has 1 aromatic heterocycles. The van der Waals surface area contributed by atoms with E-state index < -0.39 is 0 Å². The summed E-state index contributed by atoms with van der Waals surface area (Å²) in [4.78, 5) is 30.5. The second-order valence-electron chi connectivity index (χ2n) is 7.24. The van der Waals surface area contributed by atoms with Crippen molar-refractivity contribution in [3.63, 3.8) is 0 Å². The lowest BCUT2D eigenvalue weighted by Gasteiger charge is -2.43. The van der Waals surface area contributed by atoms with Crippen molar-refractivity contribution in [2.75, 3.05) is 18.5 Å². The van der Waals surface area contributed by atoms with Gasteiger partial charge in [0.05, 0.1) is 23.8 Å². The highest BCUT2D eigenvalue weighted by molar-refractivity contribution is 7.16. The maximum atomic E-state index is 12.9. The fourth-order valence-corrected chi connectivity index (χ4v) is 5.41. The predicted molar refractivity (Wildman–Crippen MR) is 105 cm³/mol. The number of hydrogen-bond donors (Lipinski definition) is 2. The largest absolute Gasteiger partial charge is 0.335 e. The Labute approximate surface area is 161 Å². The number of carbonyl (C=O) groups excluding carboxylic acids is 2. The zero-order chi connectivity index (χ0) is 18.7. The highest BCUT2D eigenvalue weighted by Gasteiger charge is 2.41. The van der Waals surface area contributed by atoms with Crippen LogP contribution >= 0.6 is 11.3 Å². The van der Waals surface area contributed by atoms with Gasteiger partial charge < -0.3 is 15.2 Å². The van der Waals surface area contributed by atoms with E-state index in [4.69, 9.17) is 0 Å². The number of aryl methyl sites for hydroxylation is 1. The molecule has 27 heavy (non-hydrogen) atoms. The van der Waals surface area contributed by atoms with Crippen molar-refractivity contribution in [2.24, 2.45) is 0 Å². The van der Waals surface area contributed by atoms with Crippen molar-refractivity contribution in [1.29, 1.82) is 0 Å². The average molecular weight is 380 g/mol. The first-order valence-electron chi connectivity index (χ1n) is 9.03. The monoisotopic (exact) mass is 380 g/mol. The molecule has 138 valence electrons. The Morgan fingerprint density at radius 1 is 1.37 bits per heavy atom. The Kier molecular flexibility index (Phi) is 3.63. The molecule has 1 fully saturated rings. The van der Waals surface area contributed by atoms with E-state index in [0.717, 1.165) is 27.5 Å². The summed E-state index contributed by atoms with van der Waals surface area (Å²) in [6.07, 6.45) is 1.33. The first kappa shape index (κ1) is 16.5. The number of nitrogens with one attached hydrogen (secondary N) is 2. The molecule has 7 heteroatoms. The Balaban J connectivity index is 1.40. The molecule has 6 nitrogen and oxygen atoms in total. The van der Waals surface area contributed by atoms with Gasteiger partial charge in [-0.25, -0.2) is 5.43 Å². The van der Waals surface area contributed by atoms with Crippen molar-refractivity contribution < 1.29 is 9.59 Å². The Bertz CT molecular complexity index is 990. The molecule has 0 unspecified atom stereocenters. The van der Waals surface area contributed by atoms with Crippen LogP contribution < -0.4 is 10.9 Å². The van der Waals surface area contributed by atoms with Crippen molar-refractivity contribution in [2.45, 2.75) is 26.1 Å². The molecular weight excluding hydrogens is 360 g/mol. The van der Waals surface area contributed by atoms with E-state index in [1.807, 2.05) is 4.90 Å².